The zero-order valence-corrected chi connectivity index (χ0v) is 18.0. The molecule has 2 rings (SSSR count). The van der Waals surface area contributed by atoms with E-state index in [1.54, 1.807) is 7.05 Å². The van der Waals surface area contributed by atoms with Crippen molar-refractivity contribution in [3.8, 4) is 0 Å². The molecule has 0 aliphatic heterocycles. The van der Waals surface area contributed by atoms with Gasteiger partial charge in [0.25, 0.3) is 0 Å². The Morgan fingerprint density at radius 1 is 0.857 bits per heavy atom. The number of nitrogens with one attached hydrogen (secondary N) is 1. The number of nitrogens with two attached hydrogens (primary N) is 1. The van der Waals surface area contributed by atoms with E-state index in [1.807, 2.05) is 54.6 Å². The van der Waals surface area contributed by atoms with Crippen LogP contribution in [0.3, 0.4) is 0 Å². The zero-order valence-electron chi connectivity index (χ0n) is 15.4. The normalized spacial score (nSPS) is 13.1. The summed E-state index contributed by atoms with van der Waals surface area (Å²) in [5.74, 6) is 0. The molecule has 2 aromatic carbocycles. The summed E-state index contributed by atoms with van der Waals surface area (Å²) in [5, 5.41) is 19.5. The van der Waals surface area contributed by atoms with E-state index in [1.165, 1.54) is 5.56 Å². The van der Waals surface area contributed by atoms with Gasteiger partial charge in [0.2, 0.25) is 0 Å². The number of hydrogen-bond acceptors (Lipinski definition) is 6. The zero-order chi connectivity index (χ0) is 19.6. The monoisotopic (exact) mass is 459 g/mol. The Bertz CT molecular complexity index is 873. The van der Waals surface area contributed by atoms with Crippen molar-refractivity contribution in [1.82, 2.24) is 5.32 Å². The van der Waals surface area contributed by atoms with Crippen molar-refractivity contribution in [3.05, 3.63) is 71.3 Å². The van der Waals surface area contributed by atoms with Gasteiger partial charge < -0.3 is 36.3 Å². The molecule has 0 fully saturated rings. The predicted molar refractivity (Wildman–Crippen MR) is 118 cm³/mol. The van der Waals surface area contributed by atoms with E-state index in [4.69, 9.17) is 31.0 Å². The van der Waals surface area contributed by atoms with Crippen LogP contribution in [0.4, 0.5) is 0 Å². The van der Waals surface area contributed by atoms with Gasteiger partial charge in [-0.2, -0.15) is 10.2 Å². The van der Waals surface area contributed by atoms with Crippen LogP contribution in [0.25, 0.3) is 0 Å². The smallest absolute Gasteiger partial charge is 0.741 e. The van der Waals surface area contributed by atoms with Crippen molar-refractivity contribution in [3.63, 3.8) is 0 Å². The fourth-order valence-corrected chi connectivity index (χ4v) is 2.30. The van der Waals surface area contributed by atoms with Crippen molar-refractivity contribution < 1.29 is 17.1 Å². The van der Waals surface area contributed by atoms with Gasteiger partial charge in [-0.15, -0.1) is 10.2 Å². The fraction of sp³-hybridized carbons (Fsp3) is 0.158. The minimum atomic E-state index is -0.0632. The molecule has 0 amide bonds. The molecule has 0 bridgehead atoms. The second-order valence-electron chi connectivity index (χ2n) is 5.41. The van der Waals surface area contributed by atoms with Gasteiger partial charge in [-0.3, -0.25) is 0 Å². The molecule has 6 nitrogen and oxygen atoms in total. The molecule has 28 heavy (non-hydrogen) atoms. The van der Waals surface area contributed by atoms with E-state index in [0.29, 0.717) is 11.4 Å². The first-order valence-corrected chi connectivity index (χ1v) is 9.10. The Hall–Kier alpha value is -2.32. The molecule has 0 aliphatic carbocycles. The van der Waals surface area contributed by atoms with Gasteiger partial charge in [0, 0.05) is 18.2 Å². The molecule has 3 N–H and O–H groups in total. The number of nitrogens with zero attached hydrogens (tertiary/aromatic N) is 4. The number of aryl methyl sites for hydroxylation is 1. The van der Waals surface area contributed by atoms with E-state index in [-0.39, 0.29) is 27.4 Å². The summed E-state index contributed by atoms with van der Waals surface area (Å²) in [5.41, 5.74) is 9.36. The Labute approximate surface area is 186 Å². The third-order valence-electron chi connectivity index (χ3n) is 3.61. The average molecular weight is 460 g/mol. The van der Waals surface area contributed by atoms with Gasteiger partial charge >= 0.3 is 17.1 Å². The fourth-order valence-electron chi connectivity index (χ4n) is 2.22. The molecular weight excluding hydrogens is 440 g/mol. The maximum atomic E-state index is 5.50. The molecule has 0 aliphatic rings. The minimum Gasteiger partial charge on any atom is -0.741 e. The predicted octanol–water partition coefficient (Wildman–Crippen LogP) is 2.34. The van der Waals surface area contributed by atoms with Crippen LogP contribution in [0.5, 0.6) is 0 Å². The van der Waals surface area contributed by atoms with Crippen LogP contribution in [0, 0.1) is 0 Å². The molecule has 0 spiro atoms. The van der Waals surface area contributed by atoms with E-state index in [2.05, 4.69) is 32.6 Å². The molecule has 9 heteroatoms. The van der Waals surface area contributed by atoms with Crippen LogP contribution in [-0.2, 0) is 48.7 Å². The minimum absolute atomic E-state index is 0. The first-order chi connectivity index (χ1) is 13.0. The molecule has 149 valence electrons. The molecule has 0 atom stereocenters. The molecule has 1 radical (unpaired) electrons. The Balaban J connectivity index is 0.00000392. The van der Waals surface area contributed by atoms with Gasteiger partial charge in [0.15, 0.2) is 0 Å². The summed E-state index contributed by atoms with van der Waals surface area (Å²) < 4.78 is 0. The van der Waals surface area contributed by atoms with E-state index >= 15 is 0 Å². The SMILES string of the molecule is CCc1ccc(C(=N\N=C(/[S-])NC)/C(=N/N=C(/N)[S-])c2ccccc2)cc1.[Cu+2]. The molecule has 0 saturated carbocycles. The van der Waals surface area contributed by atoms with Crippen LogP contribution < -0.4 is 11.1 Å². The van der Waals surface area contributed by atoms with Crippen molar-refractivity contribution in [2.75, 3.05) is 7.05 Å². The first kappa shape index (κ1) is 23.7. The van der Waals surface area contributed by atoms with Crippen LogP contribution in [0.2, 0.25) is 0 Å². The number of hydrogen-bond donors (Lipinski definition) is 2. The summed E-state index contributed by atoms with van der Waals surface area (Å²) in [6.07, 6.45) is 0.942. The van der Waals surface area contributed by atoms with Crippen molar-refractivity contribution in [2.45, 2.75) is 13.3 Å². The van der Waals surface area contributed by atoms with Gasteiger partial charge in [-0.05, 0) is 22.3 Å². The van der Waals surface area contributed by atoms with Crippen molar-refractivity contribution in [1.29, 1.82) is 0 Å². The molecule has 0 heterocycles. The quantitative estimate of drug-likeness (QED) is 0.228. The van der Waals surface area contributed by atoms with Gasteiger partial charge in [-0.1, -0.05) is 61.5 Å². The van der Waals surface area contributed by atoms with E-state index < -0.39 is 0 Å². The largest absolute Gasteiger partial charge is 2.00 e. The van der Waals surface area contributed by atoms with Crippen molar-refractivity contribution >= 4 is 47.0 Å². The molecule has 0 unspecified atom stereocenters. The maximum Gasteiger partial charge on any atom is 2.00 e. The van der Waals surface area contributed by atoms with Gasteiger partial charge in [0.1, 0.15) is 11.4 Å². The third kappa shape index (κ3) is 7.01. The Morgan fingerprint density at radius 2 is 1.39 bits per heavy atom. The summed E-state index contributed by atoms with van der Waals surface area (Å²) >= 11 is 9.92. The maximum absolute atomic E-state index is 5.50. The molecule has 0 aromatic heterocycles. The van der Waals surface area contributed by atoms with Crippen LogP contribution in [0.15, 0.2) is 75.0 Å². The van der Waals surface area contributed by atoms with Gasteiger partial charge in [-0.25, -0.2) is 0 Å². The average Bonchev–Trinajstić information content (AvgIpc) is 2.70. The second-order valence-corrected chi connectivity index (χ2v) is 6.21. The first-order valence-electron chi connectivity index (χ1n) is 8.28. The summed E-state index contributed by atoms with van der Waals surface area (Å²) in [4.78, 5) is 0. The molecular formula is C19H20CuN6S2. The van der Waals surface area contributed by atoms with Crippen LogP contribution in [-0.4, -0.2) is 28.8 Å². The van der Waals surface area contributed by atoms with Crippen LogP contribution >= 0.6 is 0 Å². The summed E-state index contributed by atoms with van der Waals surface area (Å²) in [6.45, 7) is 2.10. The molecule has 0 saturated heterocycles. The Morgan fingerprint density at radius 3 is 1.89 bits per heavy atom. The Kier molecular flexibility index (Phi) is 10.3. The number of amidine groups is 2. The second kappa shape index (κ2) is 12.2. The number of rotatable bonds is 6. The van der Waals surface area contributed by atoms with E-state index in [0.717, 1.165) is 17.5 Å². The van der Waals surface area contributed by atoms with Crippen molar-refractivity contribution in [2.24, 2.45) is 26.1 Å². The number of benzene rings is 2. The standard InChI is InChI=1S/C19H22N6S2.Cu/c1-3-13-9-11-15(12-10-13)17(23-25-19(27)21-2)16(22-24-18(20)26)14-7-5-4-6-8-14;/h4-12H,3H2,1-2H3,(H3,20,24,26)(H2,21,25,27);/q;+2/p-2/b22-16+,23-17+;. The third-order valence-corrected chi connectivity index (χ3v) is 3.98. The van der Waals surface area contributed by atoms with Gasteiger partial charge in [0.05, 0.1) is 0 Å². The molecule has 2 aromatic rings. The topological polar surface area (TPSA) is 87.5 Å². The summed E-state index contributed by atoms with van der Waals surface area (Å²) in [6, 6.07) is 17.5. The van der Waals surface area contributed by atoms with Crippen LogP contribution in [0.1, 0.15) is 23.6 Å². The van der Waals surface area contributed by atoms with E-state index in [9.17, 15) is 0 Å². The summed E-state index contributed by atoms with van der Waals surface area (Å²) in [7, 11) is 1.69.